The number of nitrogen functional groups attached to an aromatic ring is 1. The first-order valence-electron chi connectivity index (χ1n) is 12.6. The van der Waals surface area contributed by atoms with Crippen molar-refractivity contribution in [3.63, 3.8) is 0 Å². The normalized spacial score (nSPS) is 17.2. The first-order chi connectivity index (χ1) is 17.4. The minimum atomic E-state index is -0.469. The highest BCUT2D eigenvalue weighted by molar-refractivity contribution is 5.94. The van der Waals surface area contributed by atoms with E-state index >= 15 is 0 Å². The molecule has 2 aromatic heterocycles. The van der Waals surface area contributed by atoms with Gasteiger partial charge in [0.15, 0.2) is 11.6 Å². The third-order valence-corrected chi connectivity index (χ3v) is 7.49. The number of nitrogens with zero attached hydrogens (tertiary/aromatic N) is 6. The first kappa shape index (κ1) is 23.9. The number of nitriles is 1. The summed E-state index contributed by atoms with van der Waals surface area (Å²) in [5.74, 6) is 0.371. The van der Waals surface area contributed by atoms with E-state index in [1.165, 1.54) is 27.6 Å². The van der Waals surface area contributed by atoms with Crippen molar-refractivity contribution in [3.8, 4) is 23.1 Å². The highest BCUT2D eigenvalue weighted by Gasteiger charge is 2.34. The average molecular weight is 485 g/mol. The van der Waals surface area contributed by atoms with E-state index in [4.69, 9.17) is 10.7 Å². The van der Waals surface area contributed by atoms with E-state index in [9.17, 15) is 10.1 Å². The maximum atomic E-state index is 13.1. The van der Waals surface area contributed by atoms with Crippen molar-refractivity contribution in [2.45, 2.75) is 64.0 Å². The quantitative estimate of drug-likeness (QED) is 0.567. The summed E-state index contributed by atoms with van der Waals surface area (Å²) >= 11 is 0. The zero-order chi connectivity index (χ0) is 25.3. The monoisotopic (exact) mass is 484 g/mol. The number of fused-ring (bicyclic) bond motifs is 1. The predicted octanol–water partition coefficient (Wildman–Crippen LogP) is 3.55. The van der Waals surface area contributed by atoms with Crippen LogP contribution in [0.2, 0.25) is 0 Å². The molecule has 186 valence electrons. The Labute approximate surface area is 211 Å². The van der Waals surface area contributed by atoms with Gasteiger partial charge < -0.3 is 16.0 Å². The number of likely N-dealkylation sites (N-methyl/N-ethyl adjacent to an activating group) is 1. The molecule has 2 aliphatic rings. The Hall–Kier alpha value is -3.77. The van der Waals surface area contributed by atoms with Gasteiger partial charge in [0.25, 0.3) is 5.91 Å². The van der Waals surface area contributed by atoms with E-state index < -0.39 is 5.54 Å². The number of hydrogen-bond donors (Lipinski definition) is 2. The molecule has 3 N–H and O–H groups in total. The van der Waals surface area contributed by atoms with Crippen molar-refractivity contribution < 1.29 is 4.79 Å². The third-order valence-electron chi connectivity index (χ3n) is 7.49. The van der Waals surface area contributed by atoms with E-state index in [0.29, 0.717) is 23.5 Å². The number of aryl methyl sites for hydroxylation is 1. The third kappa shape index (κ3) is 4.69. The fourth-order valence-electron chi connectivity index (χ4n) is 5.50. The molecule has 5 rings (SSSR count). The minimum absolute atomic E-state index is 0.233. The molecule has 1 fully saturated rings. The lowest BCUT2D eigenvalue weighted by Crippen LogP contribution is -2.49. The van der Waals surface area contributed by atoms with E-state index in [0.717, 1.165) is 57.2 Å². The average Bonchev–Trinajstić information content (AvgIpc) is 3.35. The summed E-state index contributed by atoms with van der Waals surface area (Å²) in [6.45, 7) is 4.11. The lowest BCUT2D eigenvalue weighted by Gasteiger charge is -2.36. The Balaban J connectivity index is 1.42. The van der Waals surface area contributed by atoms with Gasteiger partial charge in [0.1, 0.15) is 0 Å². The topological polar surface area (TPSA) is 126 Å². The molecule has 0 unspecified atom stereocenters. The van der Waals surface area contributed by atoms with Gasteiger partial charge in [-0.1, -0.05) is 19.3 Å². The number of rotatable bonds is 5. The summed E-state index contributed by atoms with van der Waals surface area (Å²) in [6, 6.07) is 6.58. The van der Waals surface area contributed by atoms with Gasteiger partial charge in [0.2, 0.25) is 0 Å². The van der Waals surface area contributed by atoms with Crippen LogP contribution in [0.4, 0.5) is 5.82 Å². The summed E-state index contributed by atoms with van der Waals surface area (Å²) in [7, 11) is 2.13. The molecular weight excluding hydrogens is 452 g/mol. The molecular formula is C27H32N8O. The molecule has 36 heavy (non-hydrogen) atoms. The number of amides is 1. The van der Waals surface area contributed by atoms with Crippen LogP contribution in [0.5, 0.6) is 0 Å². The molecule has 0 radical (unpaired) electrons. The number of benzene rings is 1. The molecule has 3 heterocycles. The number of nitrogens with two attached hydrogens (primary N) is 1. The lowest BCUT2D eigenvalue weighted by molar-refractivity contribution is 0.0872. The molecule has 0 saturated heterocycles. The fourth-order valence-corrected chi connectivity index (χ4v) is 5.50. The smallest absolute Gasteiger partial charge is 0.254 e. The standard InChI is InChI=1S/C27H32N8O/c1-18-12-19(13-20-16-34(2)11-6-22(18)20)23-15-30-24(29)25(32-23)35-17-21(14-31-35)26(36)33-27(9-10-28)7-4-3-5-8-27/h12-15,17H,3-9,11,16H2,1-2H3,(H2,29,30)(H,33,36). The molecule has 1 amide bonds. The van der Waals surface area contributed by atoms with Gasteiger partial charge in [-0.3, -0.25) is 4.79 Å². The summed E-state index contributed by atoms with van der Waals surface area (Å²) in [4.78, 5) is 24.5. The van der Waals surface area contributed by atoms with Crippen molar-refractivity contribution >= 4 is 11.7 Å². The van der Waals surface area contributed by atoms with Crippen LogP contribution in [-0.4, -0.2) is 49.7 Å². The van der Waals surface area contributed by atoms with Crippen LogP contribution in [0, 0.1) is 18.3 Å². The van der Waals surface area contributed by atoms with Gasteiger partial charge >= 0.3 is 0 Å². The van der Waals surface area contributed by atoms with Crippen LogP contribution in [0.25, 0.3) is 17.1 Å². The highest BCUT2D eigenvalue weighted by atomic mass is 16.1. The lowest BCUT2D eigenvalue weighted by atomic mass is 9.79. The van der Waals surface area contributed by atoms with E-state index in [-0.39, 0.29) is 11.7 Å². The molecule has 3 aromatic rings. The van der Waals surface area contributed by atoms with Gasteiger partial charge in [-0.25, -0.2) is 14.6 Å². The Bertz CT molecular complexity index is 1330. The van der Waals surface area contributed by atoms with E-state index in [1.54, 1.807) is 12.4 Å². The first-order valence-corrected chi connectivity index (χ1v) is 12.6. The number of hydrogen-bond acceptors (Lipinski definition) is 7. The van der Waals surface area contributed by atoms with Gasteiger partial charge in [-0.15, -0.1) is 0 Å². The predicted molar refractivity (Wildman–Crippen MR) is 137 cm³/mol. The summed E-state index contributed by atoms with van der Waals surface area (Å²) in [6.07, 6.45) is 11.0. The summed E-state index contributed by atoms with van der Waals surface area (Å²) < 4.78 is 1.50. The second-order valence-electron chi connectivity index (χ2n) is 10.2. The van der Waals surface area contributed by atoms with Crippen LogP contribution in [0.15, 0.2) is 30.7 Å². The number of carbonyl (C=O) groups excluding carboxylic acids is 1. The largest absolute Gasteiger partial charge is 0.381 e. The zero-order valence-electron chi connectivity index (χ0n) is 20.9. The zero-order valence-corrected chi connectivity index (χ0v) is 20.9. The van der Waals surface area contributed by atoms with Gasteiger partial charge in [0, 0.05) is 24.8 Å². The molecule has 9 heteroatoms. The van der Waals surface area contributed by atoms with Gasteiger partial charge in [-0.05, 0) is 62.1 Å². The van der Waals surface area contributed by atoms with E-state index in [2.05, 4.69) is 52.5 Å². The fraction of sp³-hybridized carbons (Fsp3) is 0.444. The summed E-state index contributed by atoms with van der Waals surface area (Å²) in [5.41, 5.74) is 11.8. The van der Waals surface area contributed by atoms with Crippen LogP contribution in [0.1, 0.15) is 65.6 Å². The van der Waals surface area contributed by atoms with Crippen molar-refractivity contribution in [2.24, 2.45) is 0 Å². The molecule has 1 aliphatic heterocycles. The molecule has 0 atom stereocenters. The Morgan fingerprint density at radius 1 is 1.25 bits per heavy atom. The molecule has 1 saturated carbocycles. The molecule has 0 spiro atoms. The van der Waals surface area contributed by atoms with Crippen LogP contribution in [-0.2, 0) is 13.0 Å². The second kappa shape index (κ2) is 9.70. The number of carbonyl (C=O) groups is 1. The number of nitrogens with one attached hydrogen (secondary N) is 1. The van der Waals surface area contributed by atoms with Crippen molar-refractivity contribution in [2.75, 3.05) is 19.3 Å². The van der Waals surface area contributed by atoms with Crippen LogP contribution in [0.3, 0.4) is 0 Å². The molecule has 0 bridgehead atoms. The van der Waals surface area contributed by atoms with Gasteiger partial charge in [0.05, 0.1) is 41.7 Å². The number of aromatic nitrogens is 4. The van der Waals surface area contributed by atoms with Gasteiger partial charge in [-0.2, -0.15) is 10.4 Å². The van der Waals surface area contributed by atoms with E-state index in [1.807, 2.05) is 0 Å². The highest BCUT2D eigenvalue weighted by Crippen LogP contribution is 2.32. The van der Waals surface area contributed by atoms with Crippen LogP contribution >= 0.6 is 0 Å². The molecule has 1 aliphatic carbocycles. The molecule has 9 nitrogen and oxygen atoms in total. The molecule has 1 aromatic carbocycles. The SMILES string of the molecule is Cc1cc(-c2cnc(N)c(-n3cc(C(=O)NC4(CC#N)CCCCC4)cn3)n2)cc2c1CCN(C)C2. The van der Waals surface area contributed by atoms with Crippen molar-refractivity contribution in [3.05, 3.63) is 53.0 Å². The summed E-state index contributed by atoms with van der Waals surface area (Å²) in [5, 5.41) is 16.8. The maximum absolute atomic E-state index is 13.1. The number of anilines is 1. The van der Waals surface area contributed by atoms with Crippen molar-refractivity contribution in [1.82, 2.24) is 30.0 Å². The Morgan fingerprint density at radius 2 is 2.06 bits per heavy atom. The Kier molecular flexibility index (Phi) is 6.46. The minimum Gasteiger partial charge on any atom is -0.381 e. The van der Waals surface area contributed by atoms with Crippen molar-refractivity contribution in [1.29, 1.82) is 5.26 Å². The maximum Gasteiger partial charge on any atom is 0.254 e. The van der Waals surface area contributed by atoms with Crippen LogP contribution < -0.4 is 11.1 Å². The second-order valence-corrected chi connectivity index (χ2v) is 10.2. The Morgan fingerprint density at radius 3 is 2.83 bits per heavy atom.